The highest BCUT2D eigenvalue weighted by Gasteiger charge is 2.21. The average molecular weight is 322 g/mol. The molecule has 116 valence electrons. The van der Waals surface area contributed by atoms with Crippen LogP contribution in [0, 0.1) is 11.3 Å². The van der Waals surface area contributed by atoms with Gasteiger partial charge in [0.15, 0.2) is 0 Å². The molecule has 0 radical (unpaired) electrons. The maximum Gasteiger partial charge on any atom is 0.255 e. The second-order valence-corrected chi connectivity index (χ2v) is 6.64. The second-order valence-electron chi connectivity index (χ2n) is 5.56. The van der Waals surface area contributed by atoms with E-state index in [9.17, 15) is 10.1 Å². The van der Waals surface area contributed by atoms with Gasteiger partial charge in [-0.2, -0.15) is 5.26 Å². The summed E-state index contributed by atoms with van der Waals surface area (Å²) < 4.78 is 0. The summed E-state index contributed by atoms with van der Waals surface area (Å²) in [5, 5.41) is 9.24. The van der Waals surface area contributed by atoms with Crippen molar-refractivity contribution in [3.05, 3.63) is 59.7 Å². The highest BCUT2D eigenvalue weighted by molar-refractivity contribution is 7.99. The molecule has 1 aliphatic heterocycles. The zero-order chi connectivity index (χ0) is 16.1. The van der Waals surface area contributed by atoms with Crippen molar-refractivity contribution < 1.29 is 4.79 Å². The monoisotopic (exact) mass is 322 g/mol. The van der Waals surface area contributed by atoms with Gasteiger partial charge in [0, 0.05) is 22.9 Å². The number of nitriles is 1. The molecule has 0 saturated carbocycles. The number of piperidine rings is 1. The molecule has 1 fully saturated rings. The summed E-state index contributed by atoms with van der Waals surface area (Å²) in [6.07, 6.45) is 3.37. The molecule has 2 aromatic carbocycles. The van der Waals surface area contributed by atoms with Crippen LogP contribution in [0.25, 0.3) is 0 Å². The minimum absolute atomic E-state index is 0.0993. The first-order chi connectivity index (χ1) is 11.3. The van der Waals surface area contributed by atoms with Crippen molar-refractivity contribution in [2.24, 2.45) is 0 Å². The van der Waals surface area contributed by atoms with E-state index in [2.05, 4.69) is 6.07 Å². The number of amides is 1. The third-order valence-electron chi connectivity index (χ3n) is 3.99. The van der Waals surface area contributed by atoms with Gasteiger partial charge in [0.25, 0.3) is 5.91 Å². The Morgan fingerprint density at radius 1 is 0.957 bits per heavy atom. The van der Waals surface area contributed by atoms with Gasteiger partial charge in [-0.3, -0.25) is 4.79 Å². The Kier molecular flexibility index (Phi) is 4.99. The lowest BCUT2D eigenvalue weighted by Gasteiger charge is -2.27. The van der Waals surface area contributed by atoms with Crippen molar-refractivity contribution in [1.29, 1.82) is 5.26 Å². The molecule has 1 heterocycles. The van der Waals surface area contributed by atoms with Gasteiger partial charge < -0.3 is 4.90 Å². The fourth-order valence-electron chi connectivity index (χ4n) is 2.77. The molecule has 23 heavy (non-hydrogen) atoms. The Labute approximate surface area is 140 Å². The molecule has 4 heteroatoms. The van der Waals surface area contributed by atoms with E-state index in [-0.39, 0.29) is 5.91 Å². The van der Waals surface area contributed by atoms with Crippen LogP contribution in [0.2, 0.25) is 0 Å². The molecule has 0 unspecified atom stereocenters. The van der Waals surface area contributed by atoms with Crippen LogP contribution in [-0.2, 0) is 0 Å². The summed E-state index contributed by atoms with van der Waals surface area (Å²) in [7, 11) is 0. The minimum Gasteiger partial charge on any atom is -0.339 e. The number of hydrogen-bond donors (Lipinski definition) is 0. The van der Waals surface area contributed by atoms with Crippen molar-refractivity contribution in [2.45, 2.75) is 29.1 Å². The molecular formula is C19H18N2OS. The molecule has 0 atom stereocenters. The summed E-state index contributed by atoms with van der Waals surface area (Å²) in [5.41, 5.74) is 1.37. The van der Waals surface area contributed by atoms with E-state index in [1.165, 1.54) is 18.2 Å². The normalized spacial score (nSPS) is 14.3. The lowest BCUT2D eigenvalue weighted by molar-refractivity contribution is 0.0721. The third-order valence-corrected chi connectivity index (χ3v) is 5.14. The van der Waals surface area contributed by atoms with Crippen LogP contribution < -0.4 is 0 Å². The Balaban J connectivity index is 1.89. The highest BCUT2D eigenvalue weighted by atomic mass is 32.2. The van der Waals surface area contributed by atoms with E-state index in [0.29, 0.717) is 5.56 Å². The van der Waals surface area contributed by atoms with E-state index in [1.807, 2.05) is 47.4 Å². The van der Waals surface area contributed by atoms with Crippen molar-refractivity contribution in [3.8, 4) is 6.07 Å². The summed E-state index contributed by atoms with van der Waals surface area (Å²) in [5.74, 6) is 0.0993. The molecule has 0 N–H and O–H groups in total. The summed E-state index contributed by atoms with van der Waals surface area (Å²) in [6, 6.07) is 17.4. The molecule has 0 bridgehead atoms. The molecule has 2 aromatic rings. The minimum atomic E-state index is 0.0993. The first kappa shape index (κ1) is 15.6. The van der Waals surface area contributed by atoms with Crippen LogP contribution in [0.15, 0.2) is 58.3 Å². The smallest absolute Gasteiger partial charge is 0.255 e. The molecule has 1 amide bonds. The molecule has 0 aliphatic carbocycles. The Morgan fingerprint density at radius 2 is 1.61 bits per heavy atom. The zero-order valence-electron chi connectivity index (χ0n) is 12.9. The maximum atomic E-state index is 12.8. The second kappa shape index (κ2) is 7.34. The predicted molar refractivity (Wildman–Crippen MR) is 91.5 cm³/mol. The van der Waals surface area contributed by atoms with Gasteiger partial charge in [-0.15, -0.1) is 0 Å². The number of hydrogen-bond acceptors (Lipinski definition) is 3. The van der Waals surface area contributed by atoms with E-state index >= 15 is 0 Å². The van der Waals surface area contributed by atoms with E-state index in [0.717, 1.165) is 41.3 Å². The van der Waals surface area contributed by atoms with Crippen LogP contribution in [0.5, 0.6) is 0 Å². The first-order valence-electron chi connectivity index (χ1n) is 7.85. The lowest BCUT2D eigenvalue weighted by atomic mass is 10.1. The van der Waals surface area contributed by atoms with E-state index in [4.69, 9.17) is 0 Å². The van der Waals surface area contributed by atoms with Crippen molar-refractivity contribution in [1.82, 2.24) is 4.90 Å². The Morgan fingerprint density at radius 3 is 2.35 bits per heavy atom. The standard InChI is InChI=1S/C19H18N2OS/c20-14-15-8-2-4-10-17(15)23-18-11-5-3-9-16(18)19(22)21-12-6-1-7-13-21/h2-5,8-11H,1,6-7,12-13H2. The van der Waals surface area contributed by atoms with Gasteiger partial charge in [-0.1, -0.05) is 36.0 Å². The molecule has 0 spiro atoms. The fourth-order valence-corrected chi connectivity index (χ4v) is 3.79. The van der Waals surface area contributed by atoms with Crippen LogP contribution in [0.4, 0.5) is 0 Å². The molecule has 3 rings (SSSR count). The summed E-state index contributed by atoms with van der Waals surface area (Å²) >= 11 is 1.49. The van der Waals surface area contributed by atoms with Crippen LogP contribution in [0.3, 0.4) is 0 Å². The van der Waals surface area contributed by atoms with Crippen molar-refractivity contribution in [2.75, 3.05) is 13.1 Å². The number of carbonyl (C=O) groups is 1. The van der Waals surface area contributed by atoms with Gasteiger partial charge in [-0.25, -0.2) is 0 Å². The Hall–Kier alpha value is -2.25. The third kappa shape index (κ3) is 3.57. The number of carbonyl (C=O) groups excluding carboxylic acids is 1. The quantitative estimate of drug-likeness (QED) is 0.844. The van der Waals surface area contributed by atoms with Gasteiger partial charge in [0.1, 0.15) is 6.07 Å². The molecule has 1 aliphatic rings. The molecule has 1 saturated heterocycles. The number of benzene rings is 2. The molecular weight excluding hydrogens is 304 g/mol. The number of likely N-dealkylation sites (tertiary alicyclic amines) is 1. The summed E-state index contributed by atoms with van der Waals surface area (Å²) in [6.45, 7) is 1.68. The highest BCUT2D eigenvalue weighted by Crippen LogP contribution is 2.33. The largest absolute Gasteiger partial charge is 0.339 e. The number of rotatable bonds is 3. The maximum absolute atomic E-state index is 12.8. The predicted octanol–water partition coefficient (Wildman–Crippen LogP) is 4.34. The fraction of sp³-hybridized carbons (Fsp3) is 0.263. The van der Waals surface area contributed by atoms with Gasteiger partial charge in [0.05, 0.1) is 11.1 Å². The average Bonchev–Trinajstić information content (AvgIpc) is 2.63. The SMILES string of the molecule is N#Cc1ccccc1Sc1ccccc1C(=O)N1CCCCC1. The van der Waals surface area contributed by atoms with Crippen LogP contribution in [0.1, 0.15) is 35.2 Å². The van der Waals surface area contributed by atoms with Crippen molar-refractivity contribution in [3.63, 3.8) is 0 Å². The first-order valence-corrected chi connectivity index (χ1v) is 8.66. The zero-order valence-corrected chi connectivity index (χ0v) is 13.7. The van der Waals surface area contributed by atoms with Gasteiger partial charge in [0.2, 0.25) is 0 Å². The summed E-state index contributed by atoms with van der Waals surface area (Å²) in [4.78, 5) is 16.5. The molecule has 3 nitrogen and oxygen atoms in total. The topological polar surface area (TPSA) is 44.1 Å². The van der Waals surface area contributed by atoms with Gasteiger partial charge in [-0.05, 0) is 43.5 Å². The van der Waals surface area contributed by atoms with Crippen LogP contribution in [-0.4, -0.2) is 23.9 Å². The van der Waals surface area contributed by atoms with E-state index in [1.54, 1.807) is 6.07 Å². The van der Waals surface area contributed by atoms with Crippen molar-refractivity contribution >= 4 is 17.7 Å². The van der Waals surface area contributed by atoms with Crippen LogP contribution >= 0.6 is 11.8 Å². The van der Waals surface area contributed by atoms with Gasteiger partial charge >= 0.3 is 0 Å². The van der Waals surface area contributed by atoms with E-state index < -0.39 is 0 Å². The number of nitrogens with zero attached hydrogens (tertiary/aromatic N) is 2. The Bertz CT molecular complexity index is 745. The lowest BCUT2D eigenvalue weighted by Crippen LogP contribution is -2.35. The molecule has 0 aromatic heterocycles.